The van der Waals surface area contributed by atoms with E-state index in [2.05, 4.69) is 24.5 Å². The van der Waals surface area contributed by atoms with Crippen LogP contribution in [0.5, 0.6) is 0 Å². The van der Waals surface area contributed by atoms with Gasteiger partial charge in [0.25, 0.3) is 11.6 Å². The first-order valence-corrected chi connectivity index (χ1v) is 9.86. The van der Waals surface area contributed by atoms with E-state index in [0.29, 0.717) is 17.0 Å². The molecule has 8 nitrogen and oxygen atoms in total. The molecule has 9 heteroatoms. The van der Waals surface area contributed by atoms with Crippen molar-refractivity contribution >= 4 is 33.9 Å². The summed E-state index contributed by atoms with van der Waals surface area (Å²) in [6, 6.07) is 5.46. The third kappa shape index (κ3) is 4.01. The van der Waals surface area contributed by atoms with Gasteiger partial charge in [-0.05, 0) is 45.7 Å². The van der Waals surface area contributed by atoms with E-state index < -0.39 is 22.3 Å². The summed E-state index contributed by atoms with van der Waals surface area (Å²) in [6.07, 6.45) is 0.597. The first-order valence-electron chi connectivity index (χ1n) is 9.05. The van der Waals surface area contributed by atoms with Gasteiger partial charge in [-0.3, -0.25) is 14.9 Å². The Labute approximate surface area is 172 Å². The molecule has 0 fully saturated rings. The second kappa shape index (κ2) is 7.23. The SMILES string of the molecule is COC(=O)c1c(NC(=O)c2cccc([N+](=O)[O-])c2)sc2c1CC(C)(C)NC2(C)C. The summed E-state index contributed by atoms with van der Waals surface area (Å²) in [5, 5.41) is 17.7. The van der Waals surface area contributed by atoms with Gasteiger partial charge >= 0.3 is 5.97 Å². The number of fused-ring (bicyclic) bond motifs is 1. The molecule has 0 saturated heterocycles. The van der Waals surface area contributed by atoms with Crippen LogP contribution in [0.25, 0.3) is 0 Å². The number of anilines is 1. The van der Waals surface area contributed by atoms with E-state index >= 15 is 0 Å². The molecule has 0 aliphatic carbocycles. The average Bonchev–Trinajstić information content (AvgIpc) is 2.98. The molecule has 29 heavy (non-hydrogen) atoms. The van der Waals surface area contributed by atoms with E-state index in [1.165, 1.54) is 42.7 Å². The number of hydrogen-bond donors (Lipinski definition) is 2. The topological polar surface area (TPSA) is 111 Å². The van der Waals surface area contributed by atoms with E-state index in [-0.39, 0.29) is 16.8 Å². The Bertz CT molecular complexity index is 1010. The van der Waals surface area contributed by atoms with E-state index in [1.807, 2.05) is 13.8 Å². The highest BCUT2D eigenvalue weighted by Gasteiger charge is 2.42. The Morgan fingerprint density at radius 2 is 1.97 bits per heavy atom. The van der Waals surface area contributed by atoms with E-state index in [0.717, 1.165) is 10.4 Å². The first-order chi connectivity index (χ1) is 13.4. The number of esters is 1. The molecule has 3 rings (SSSR count). The summed E-state index contributed by atoms with van der Waals surface area (Å²) in [5.74, 6) is -1.05. The molecule has 1 aliphatic rings. The van der Waals surface area contributed by atoms with Gasteiger partial charge in [-0.2, -0.15) is 0 Å². The third-order valence-corrected chi connectivity index (χ3v) is 6.25. The second-order valence-corrected chi connectivity index (χ2v) is 9.20. The van der Waals surface area contributed by atoms with Crippen molar-refractivity contribution in [3.8, 4) is 0 Å². The monoisotopic (exact) mass is 417 g/mol. The molecule has 1 aliphatic heterocycles. The van der Waals surface area contributed by atoms with Crippen LogP contribution in [0.15, 0.2) is 24.3 Å². The van der Waals surface area contributed by atoms with Gasteiger partial charge < -0.3 is 15.4 Å². The Morgan fingerprint density at radius 3 is 2.59 bits per heavy atom. The maximum Gasteiger partial charge on any atom is 0.341 e. The van der Waals surface area contributed by atoms with E-state index in [9.17, 15) is 19.7 Å². The minimum absolute atomic E-state index is 0.138. The fourth-order valence-electron chi connectivity index (χ4n) is 3.87. The fourth-order valence-corrected chi connectivity index (χ4v) is 5.13. The Kier molecular flexibility index (Phi) is 5.22. The molecule has 0 unspecified atom stereocenters. The summed E-state index contributed by atoms with van der Waals surface area (Å²) in [5.41, 5.74) is 0.502. The van der Waals surface area contributed by atoms with Crippen LogP contribution in [0.4, 0.5) is 10.7 Å². The molecule has 1 amide bonds. The van der Waals surface area contributed by atoms with Crippen LogP contribution < -0.4 is 10.6 Å². The Morgan fingerprint density at radius 1 is 1.28 bits per heavy atom. The summed E-state index contributed by atoms with van der Waals surface area (Å²) >= 11 is 1.32. The molecular formula is C20H23N3O5S. The van der Waals surface area contributed by atoms with Crippen molar-refractivity contribution in [3.05, 3.63) is 55.9 Å². The largest absolute Gasteiger partial charge is 0.465 e. The van der Waals surface area contributed by atoms with Crippen molar-refractivity contribution in [2.45, 2.75) is 45.2 Å². The maximum atomic E-state index is 12.8. The average molecular weight is 417 g/mol. The predicted octanol–water partition coefficient (Wildman–Crippen LogP) is 3.85. The molecular weight excluding hydrogens is 394 g/mol. The van der Waals surface area contributed by atoms with Crippen LogP contribution in [0, 0.1) is 10.1 Å². The highest BCUT2D eigenvalue weighted by molar-refractivity contribution is 7.17. The predicted molar refractivity (Wildman–Crippen MR) is 111 cm³/mol. The van der Waals surface area contributed by atoms with Crippen molar-refractivity contribution in [2.75, 3.05) is 12.4 Å². The van der Waals surface area contributed by atoms with Gasteiger partial charge in [-0.25, -0.2) is 4.79 Å². The van der Waals surface area contributed by atoms with Crippen LogP contribution in [-0.4, -0.2) is 29.4 Å². The smallest absolute Gasteiger partial charge is 0.341 e. The third-order valence-electron chi connectivity index (χ3n) is 4.78. The number of nitrogens with zero attached hydrogens (tertiary/aromatic N) is 1. The van der Waals surface area contributed by atoms with Gasteiger partial charge in [0.15, 0.2) is 0 Å². The number of amides is 1. The minimum atomic E-state index is -0.559. The lowest BCUT2D eigenvalue weighted by atomic mass is 9.81. The molecule has 1 aromatic carbocycles. The molecule has 0 spiro atoms. The van der Waals surface area contributed by atoms with Crippen molar-refractivity contribution < 1.29 is 19.2 Å². The van der Waals surface area contributed by atoms with Crippen LogP contribution in [-0.2, 0) is 16.7 Å². The number of hydrogen-bond acceptors (Lipinski definition) is 7. The highest BCUT2D eigenvalue weighted by Crippen LogP contribution is 2.45. The van der Waals surface area contributed by atoms with E-state index in [4.69, 9.17) is 4.74 Å². The van der Waals surface area contributed by atoms with Gasteiger partial charge in [-0.15, -0.1) is 11.3 Å². The number of carbonyl (C=O) groups is 2. The summed E-state index contributed by atoms with van der Waals surface area (Å²) in [7, 11) is 1.30. The number of nitro groups is 1. The van der Waals surface area contributed by atoms with Crippen molar-refractivity contribution in [1.29, 1.82) is 0 Å². The number of nitrogens with one attached hydrogen (secondary N) is 2. The normalized spacial score (nSPS) is 16.6. The summed E-state index contributed by atoms with van der Waals surface area (Å²) in [4.78, 5) is 36.7. The molecule has 0 radical (unpaired) electrons. The zero-order valence-corrected chi connectivity index (χ0v) is 17.7. The number of rotatable bonds is 4. The molecule has 2 heterocycles. The van der Waals surface area contributed by atoms with Crippen LogP contribution >= 0.6 is 11.3 Å². The van der Waals surface area contributed by atoms with Crippen LogP contribution in [0.3, 0.4) is 0 Å². The van der Waals surface area contributed by atoms with E-state index in [1.54, 1.807) is 0 Å². The van der Waals surface area contributed by atoms with Gasteiger partial charge in [0.05, 0.1) is 17.6 Å². The fraction of sp³-hybridized carbons (Fsp3) is 0.400. The maximum absolute atomic E-state index is 12.8. The quantitative estimate of drug-likeness (QED) is 0.444. The molecule has 0 atom stereocenters. The van der Waals surface area contributed by atoms with Crippen LogP contribution in [0.2, 0.25) is 0 Å². The standard InChI is InChI=1S/C20H23N3O5S/c1-19(2)10-13-14(18(25)28-5)17(29-15(13)20(3,4)22-19)21-16(24)11-7-6-8-12(9-11)23(26)27/h6-9,22H,10H2,1-5H3,(H,21,24). The second-order valence-electron chi connectivity index (χ2n) is 8.18. The molecule has 1 aromatic heterocycles. The lowest BCUT2D eigenvalue weighted by molar-refractivity contribution is -0.384. The zero-order chi connectivity index (χ0) is 21.6. The molecule has 2 N–H and O–H groups in total. The number of nitro benzene ring substituents is 1. The van der Waals surface area contributed by atoms with Crippen molar-refractivity contribution in [2.24, 2.45) is 0 Å². The Balaban J connectivity index is 2.05. The summed E-state index contributed by atoms with van der Waals surface area (Å²) < 4.78 is 4.98. The molecule has 0 bridgehead atoms. The molecule has 2 aromatic rings. The highest BCUT2D eigenvalue weighted by atomic mass is 32.1. The number of thiophene rings is 1. The van der Waals surface area contributed by atoms with Crippen molar-refractivity contribution in [3.63, 3.8) is 0 Å². The number of benzene rings is 1. The van der Waals surface area contributed by atoms with Crippen molar-refractivity contribution in [1.82, 2.24) is 5.32 Å². The van der Waals surface area contributed by atoms with Gasteiger partial charge in [0.1, 0.15) is 5.00 Å². The number of ether oxygens (including phenoxy) is 1. The minimum Gasteiger partial charge on any atom is -0.465 e. The number of non-ortho nitro benzene ring substituents is 1. The molecule has 154 valence electrons. The zero-order valence-electron chi connectivity index (χ0n) is 16.9. The first kappa shape index (κ1) is 20.9. The van der Waals surface area contributed by atoms with Gasteiger partial charge in [-0.1, -0.05) is 6.07 Å². The summed E-state index contributed by atoms with van der Waals surface area (Å²) in [6.45, 7) is 8.16. The number of methoxy groups -OCH3 is 1. The van der Waals surface area contributed by atoms with Gasteiger partial charge in [0.2, 0.25) is 0 Å². The molecule has 0 saturated carbocycles. The van der Waals surface area contributed by atoms with Gasteiger partial charge in [0, 0.05) is 33.7 Å². The lowest BCUT2D eigenvalue weighted by Gasteiger charge is -2.42. The lowest BCUT2D eigenvalue weighted by Crippen LogP contribution is -2.55. The van der Waals surface area contributed by atoms with Crippen LogP contribution in [0.1, 0.15) is 58.9 Å². The number of carbonyl (C=O) groups excluding carboxylic acids is 2. The Hall–Kier alpha value is -2.78.